The number of imidazole rings is 1. The summed E-state index contributed by atoms with van der Waals surface area (Å²) in [6.07, 6.45) is 1.41. The number of nitrogens with zero attached hydrogens (tertiary/aromatic N) is 6. The van der Waals surface area contributed by atoms with Crippen LogP contribution in [-0.2, 0) is 11.3 Å². The first-order valence-electron chi connectivity index (χ1n) is 14.1. The summed E-state index contributed by atoms with van der Waals surface area (Å²) in [5.41, 5.74) is 4.28. The number of hydrogen-bond acceptors (Lipinski definition) is 8. The van der Waals surface area contributed by atoms with Gasteiger partial charge in [-0.3, -0.25) is 0 Å². The first-order valence-corrected chi connectivity index (χ1v) is 14.1. The average Bonchev–Trinajstić information content (AvgIpc) is 3.40. The second kappa shape index (κ2) is 11.7. The van der Waals surface area contributed by atoms with Crippen molar-refractivity contribution in [3.63, 3.8) is 0 Å². The zero-order valence-electron chi connectivity index (χ0n) is 24.4. The summed E-state index contributed by atoms with van der Waals surface area (Å²) < 4.78 is 7.58. The maximum Gasteiger partial charge on any atom is 0.410 e. The molecule has 1 aliphatic heterocycles. The van der Waals surface area contributed by atoms with Crippen molar-refractivity contribution in [2.75, 3.05) is 36.5 Å². The number of hydrogen-bond donors (Lipinski definition) is 2. The Kier molecular flexibility index (Phi) is 8.12. The van der Waals surface area contributed by atoms with E-state index in [1.165, 1.54) is 5.56 Å². The standard InChI is InChI=1S/C31H39N7O3/c1-21(2)38-20-33-26-27(32-17-22-11-13-24(14-12-22)23-9-7-6-8-10-23)34-29(35-28(26)38)37-16-15-36(18-25(37)19-39)30(40)41-31(3,4)5/h6-14,20-21,25,39H,15-19H2,1-5H3,(H,32,34,35)/t25-/m1/s1. The van der Waals surface area contributed by atoms with E-state index >= 15 is 0 Å². The molecule has 0 unspecified atom stereocenters. The molecule has 0 aliphatic carbocycles. The fraction of sp³-hybridized carbons (Fsp3) is 0.419. The van der Waals surface area contributed by atoms with Crippen LogP contribution in [0.4, 0.5) is 16.6 Å². The Bertz CT molecular complexity index is 1480. The van der Waals surface area contributed by atoms with Crippen molar-refractivity contribution in [3.8, 4) is 11.1 Å². The minimum atomic E-state index is -0.589. The summed E-state index contributed by atoms with van der Waals surface area (Å²) >= 11 is 0. The van der Waals surface area contributed by atoms with Gasteiger partial charge in [0.25, 0.3) is 0 Å². The molecule has 2 aromatic carbocycles. The van der Waals surface area contributed by atoms with Crippen LogP contribution < -0.4 is 10.2 Å². The van der Waals surface area contributed by atoms with Crippen LogP contribution >= 0.6 is 0 Å². The summed E-state index contributed by atoms with van der Waals surface area (Å²) in [4.78, 5) is 30.7. The van der Waals surface area contributed by atoms with Crippen LogP contribution in [0.1, 0.15) is 46.2 Å². The van der Waals surface area contributed by atoms with E-state index in [-0.39, 0.29) is 24.8 Å². The number of piperazine rings is 1. The van der Waals surface area contributed by atoms with Gasteiger partial charge >= 0.3 is 6.09 Å². The van der Waals surface area contributed by atoms with Crippen LogP contribution in [0.5, 0.6) is 0 Å². The number of aliphatic hydroxyl groups is 1. The Labute approximate surface area is 241 Å². The highest BCUT2D eigenvalue weighted by molar-refractivity contribution is 5.84. The molecular formula is C31H39N7O3. The smallest absolute Gasteiger partial charge is 0.410 e. The zero-order valence-corrected chi connectivity index (χ0v) is 24.4. The summed E-state index contributed by atoms with van der Waals surface area (Å²) in [7, 11) is 0. The highest BCUT2D eigenvalue weighted by Gasteiger charge is 2.33. The lowest BCUT2D eigenvalue weighted by Gasteiger charge is -2.41. The van der Waals surface area contributed by atoms with Gasteiger partial charge in [0.2, 0.25) is 5.95 Å². The van der Waals surface area contributed by atoms with Gasteiger partial charge in [0.1, 0.15) is 5.60 Å². The normalized spacial score (nSPS) is 15.9. The minimum Gasteiger partial charge on any atom is -0.444 e. The van der Waals surface area contributed by atoms with Gasteiger partial charge < -0.3 is 29.5 Å². The molecule has 1 fully saturated rings. The van der Waals surface area contributed by atoms with E-state index in [1.54, 1.807) is 11.2 Å². The van der Waals surface area contributed by atoms with Gasteiger partial charge in [-0.1, -0.05) is 54.6 Å². The molecule has 41 heavy (non-hydrogen) atoms. The number of carbonyl (C=O) groups is 1. The lowest BCUT2D eigenvalue weighted by molar-refractivity contribution is 0.0196. The number of aliphatic hydroxyl groups excluding tert-OH is 1. The van der Waals surface area contributed by atoms with Gasteiger partial charge in [-0.05, 0) is 51.3 Å². The van der Waals surface area contributed by atoms with Crippen LogP contribution in [0.2, 0.25) is 0 Å². The van der Waals surface area contributed by atoms with E-state index in [9.17, 15) is 9.90 Å². The summed E-state index contributed by atoms with van der Waals surface area (Å²) in [6.45, 7) is 11.3. The lowest BCUT2D eigenvalue weighted by atomic mass is 10.0. The van der Waals surface area contributed by atoms with Gasteiger partial charge in [-0.25, -0.2) is 9.78 Å². The Morgan fingerprint density at radius 2 is 1.76 bits per heavy atom. The van der Waals surface area contributed by atoms with Gasteiger partial charge in [0, 0.05) is 32.2 Å². The largest absolute Gasteiger partial charge is 0.444 e. The molecule has 1 saturated heterocycles. The molecule has 0 bridgehead atoms. The van der Waals surface area contributed by atoms with Crippen LogP contribution in [0.25, 0.3) is 22.3 Å². The third-order valence-electron chi connectivity index (χ3n) is 7.09. The van der Waals surface area contributed by atoms with Crippen molar-refractivity contribution < 1.29 is 14.6 Å². The third-order valence-corrected chi connectivity index (χ3v) is 7.09. The number of ether oxygens (including phenoxy) is 1. The molecule has 0 spiro atoms. The number of nitrogens with one attached hydrogen (secondary N) is 1. The second-order valence-electron chi connectivity index (χ2n) is 11.7. The molecule has 3 heterocycles. The Hall–Kier alpha value is -4.18. The van der Waals surface area contributed by atoms with Crippen molar-refractivity contribution in [1.82, 2.24) is 24.4 Å². The van der Waals surface area contributed by atoms with Crippen molar-refractivity contribution in [2.45, 2.75) is 58.8 Å². The van der Waals surface area contributed by atoms with Crippen LogP contribution in [0.3, 0.4) is 0 Å². The fourth-order valence-corrected chi connectivity index (χ4v) is 4.93. The topological polar surface area (TPSA) is 109 Å². The number of rotatable bonds is 7. The molecular weight excluding hydrogens is 518 g/mol. The number of aromatic nitrogens is 4. The highest BCUT2D eigenvalue weighted by atomic mass is 16.6. The number of carbonyl (C=O) groups excluding carboxylic acids is 1. The van der Waals surface area contributed by atoms with Crippen molar-refractivity contribution in [3.05, 3.63) is 66.5 Å². The molecule has 2 aromatic heterocycles. The molecule has 216 valence electrons. The monoisotopic (exact) mass is 557 g/mol. The van der Waals surface area contributed by atoms with Crippen LogP contribution in [0, 0.1) is 0 Å². The van der Waals surface area contributed by atoms with Crippen LogP contribution in [-0.4, -0.2) is 73.5 Å². The molecule has 0 radical (unpaired) electrons. The number of amides is 1. The van der Waals surface area contributed by atoms with E-state index in [0.29, 0.717) is 43.5 Å². The predicted octanol–water partition coefficient (Wildman–Crippen LogP) is 5.10. The third kappa shape index (κ3) is 6.43. The zero-order chi connectivity index (χ0) is 29.1. The van der Waals surface area contributed by atoms with Gasteiger partial charge in [-0.15, -0.1) is 0 Å². The molecule has 1 atom stereocenters. The molecule has 1 amide bonds. The van der Waals surface area contributed by atoms with Gasteiger partial charge in [0.05, 0.1) is 19.0 Å². The van der Waals surface area contributed by atoms with Crippen molar-refractivity contribution in [2.24, 2.45) is 0 Å². The Balaban J connectivity index is 1.39. The van der Waals surface area contributed by atoms with Crippen molar-refractivity contribution >= 4 is 29.0 Å². The maximum absolute atomic E-state index is 12.7. The average molecular weight is 558 g/mol. The van der Waals surface area contributed by atoms with E-state index in [4.69, 9.17) is 14.7 Å². The summed E-state index contributed by atoms with van der Waals surface area (Å²) in [5.74, 6) is 1.12. The molecule has 10 nitrogen and oxygen atoms in total. The van der Waals surface area contributed by atoms with Crippen LogP contribution in [0.15, 0.2) is 60.9 Å². The fourth-order valence-electron chi connectivity index (χ4n) is 4.93. The van der Waals surface area contributed by atoms with E-state index in [0.717, 1.165) is 16.8 Å². The number of fused-ring (bicyclic) bond motifs is 1. The molecule has 1 aliphatic rings. The number of benzene rings is 2. The maximum atomic E-state index is 12.7. The van der Waals surface area contributed by atoms with Crippen molar-refractivity contribution in [1.29, 1.82) is 0 Å². The quantitative estimate of drug-likeness (QED) is 0.323. The Morgan fingerprint density at radius 1 is 1.05 bits per heavy atom. The van der Waals surface area contributed by atoms with E-state index in [1.807, 2.05) is 48.4 Å². The Morgan fingerprint density at radius 3 is 2.41 bits per heavy atom. The summed E-state index contributed by atoms with van der Waals surface area (Å²) in [6, 6.07) is 18.5. The summed E-state index contributed by atoms with van der Waals surface area (Å²) in [5, 5.41) is 13.8. The van der Waals surface area contributed by atoms with E-state index in [2.05, 4.69) is 60.5 Å². The highest BCUT2D eigenvalue weighted by Crippen LogP contribution is 2.28. The molecule has 5 rings (SSSR count). The van der Waals surface area contributed by atoms with Gasteiger partial charge in [0.15, 0.2) is 17.0 Å². The molecule has 4 aromatic rings. The molecule has 0 saturated carbocycles. The predicted molar refractivity (Wildman–Crippen MR) is 161 cm³/mol. The molecule has 10 heteroatoms. The second-order valence-corrected chi connectivity index (χ2v) is 11.7. The van der Waals surface area contributed by atoms with Gasteiger partial charge in [-0.2, -0.15) is 9.97 Å². The minimum absolute atomic E-state index is 0.152. The first-order chi connectivity index (χ1) is 19.6. The van der Waals surface area contributed by atoms with E-state index < -0.39 is 5.60 Å². The SMILES string of the molecule is CC(C)n1cnc2c(NCc3ccc(-c4ccccc4)cc3)nc(N3CCN(C(=O)OC(C)(C)C)C[C@@H]3CO)nc21. The number of anilines is 2. The lowest BCUT2D eigenvalue weighted by Crippen LogP contribution is -2.57. The first kappa shape index (κ1) is 28.4. The molecule has 2 N–H and O–H groups in total.